The minimum absolute atomic E-state index is 0.553. The summed E-state index contributed by atoms with van der Waals surface area (Å²) in [6.07, 6.45) is 0. The van der Waals surface area contributed by atoms with Gasteiger partial charge in [0, 0.05) is 7.05 Å². The molecule has 0 unspecified atom stereocenters. The third-order valence-electron chi connectivity index (χ3n) is 2.89. The van der Waals surface area contributed by atoms with Crippen molar-refractivity contribution in [2.45, 2.75) is 13.5 Å². The Kier molecular flexibility index (Phi) is 3.85. The number of hydrogen-bond acceptors (Lipinski definition) is 3. The molecule has 0 spiro atoms. The number of benzene rings is 2. The van der Waals surface area contributed by atoms with Crippen LogP contribution < -0.4 is 15.6 Å². The minimum Gasteiger partial charge on any atom is -0.487 e. The summed E-state index contributed by atoms with van der Waals surface area (Å²) in [5, 5.41) is 1.56. The van der Waals surface area contributed by atoms with Gasteiger partial charge in [-0.3, -0.25) is 0 Å². The Labute approximate surface area is 108 Å². The molecule has 0 radical (unpaired) electrons. The van der Waals surface area contributed by atoms with Crippen molar-refractivity contribution in [2.24, 2.45) is 5.84 Å². The summed E-state index contributed by atoms with van der Waals surface area (Å²) in [7, 11) is 1.80. The number of aryl methyl sites for hydroxylation is 1. The van der Waals surface area contributed by atoms with E-state index in [-0.39, 0.29) is 0 Å². The van der Waals surface area contributed by atoms with Crippen LogP contribution in [0, 0.1) is 6.92 Å². The normalized spacial score (nSPS) is 10.2. The predicted molar refractivity (Wildman–Crippen MR) is 74.5 cm³/mol. The Hall–Kier alpha value is -2.00. The van der Waals surface area contributed by atoms with Gasteiger partial charge in [-0.1, -0.05) is 36.4 Å². The smallest absolute Gasteiger partial charge is 0.144 e. The van der Waals surface area contributed by atoms with Gasteiger partial charge in [-0.05, 0) is 30.2 Å². The van der Waals surface area contributed by atoms with Crippen molar-refractivity contribution in [2.75, 3.05) is 12.1 Å². The molecule has 3 heteroatoms. The largest absolute Gasteiger partial charge is 0.487 e. The molecule has 0 aliphatic carbocycles. The van der Waals surface area contributed by atoms with Crippen molar-refractivity contribution in [3.05, 3.63) is 59.7 Å². The molecule has 0 aliphatic heterocycles. The minimum atomic E-state index is 0.553. The molecule has 0 saturated carbocycles. The average Bonchev–Trinajstić information content (AvgIpc) is 2.38. The maximum atomic E-state index is 5.84. The molecule has 0 fully saturated rings. The summed E-state index contributed by atoms with van der Waals surface area (Å²) in [4.78, 5) is 0. The van der Waals surface area contributed by atoms with Gasteiger partial charge in [0.25, 0.3) is 0 Å². The Balaban J connectivity index is 2.14. The SMILES string of the molecule is Cc1ccccc1COc1ccccc1N(C)N. The van der Waals surface area contributed by atoms with E-state index in [1.165, 1.54) is 11.1 Å². The van der Waals surface area contributed by atoms with Crippen molar-refractivity contribution < 1.29 is 4.74 Å². The highest BCUT2D eigenvalue weighted by Gasteiger charge is 2.05. The summed E-state index contributed by atoms with van der Waals surface area (Å²) in [6.45, 7) is 2.64. The maximum Gasteiger partial charge on any atom is 0.144 e. The first-order valence-corrected chi connectivity index (χ1v) is 5.93. The molecular weight excluding hydrogens is 224 g/mol. The van der Waals surface area contributed by atoms with Crippen LogP contribution in [0.25, 0.3) is 0 Å². The van der Waals surface area contributed by atoms with Crippen molar-refractivity contribution in [1.29, 1.82) is 0 Å². The highest BCUT2D eigenvalue weighted by atomic mass is 16.5. The maximum absolute atomic E-state index is 5.84. The van der Waals surface area contributed by atoms with E-state index in [2.05, 4.69) is 19.1 Å². The number of nitrogens with zero attached hydrogens (tertiary/aromatic N) is 1. The summed E-state index contributed by atoms with van der Waals surface area (Å²) in [5.74, 6) is 6.56. The van der Waals surface area contributed by atoms with Crippen LogP contribution in [-0.4, -0.2) is 7.05 Å². The molecule has 2 N–H and O–H groups in total. The molecular formula is C15H18N2O. The summed E-state index contributed by atoms with van der Waals surface area (Å²) >= 11 is 0. The fourth-order valence-corrected chi connectivity index (χ4v) is 1.80. The second-order valence-corrected chi connectivity index (χ2v) is 4.29. The van der Waals surface area contributed by atoms with Gasteiger partial charge in [0.1, 0.15) is 12.4 Å². The van der Waals surface area contributed by atoms with Gasteiger partial charge in [-0.2, -0.15) is 0 Å². The first-order chi connectivity index (χ1) is 8.68. The zero-order valence-electron chi connectivity index (χ0n) is 10.8. The van der Waals surface area contributed by atoms with Crippen LogP contribution in [0.4, 0.5) is 5.69 Å². The number of rotatable bonds is 4. The van der Waals surface area contributed by atoms with E-state index >= 15 is 0 Å². The van der Waals surface area contributed by atoms with Gasteiger partial charge in [0.2, 0.25) is 0 Å². The van der Waals surface area contributed by atoms with Crippen molar-refractivity contribution in [3.63, 3.8) is 0 Å². The zero-order valence-corrected chi connectivity index (χ0v) is 10.8. The molecule has 2 aromatic carbocycles. The monoisotopic (exact) mass is 242 g/mol. The predicted octanol–water partition coefficient (Wildman–Crippen LogP) is 2.88. The third kappa shape index (κ3) is 2.81. The molecule has 0 aliphatic rings. The molecule has 18 heavy (non-hydrogen) atoms. The Bertz CT molecular complexity index is 523. The highest BCUT2D eigenvalue weighted by molar-refractivity contribution is 5.56. The Morgan fingerprint density at radius 3 is 2.44 bits per heavy atom. The number of nitrogens with two attached hydrogens (primary N) is 1. The molecule has 0 aromatic heterocycles. The van der Waals surface area contributed by atoms with E-state index in [4.69, 9.17) is 10.6 Å². The molecule has 0 bridgehead atoms. The van der Waals surface area contributed by atoms with Gasteiger partial charge >= 0.3 is 0 Å². The van der Waals surface area contributed by atoms with Gasteiger partial charge in [0.15, 0.2) is 0 Å². The molecule has 0 saturated heterocycles. The van der Waals surface area contributed by atoms with Gasteiger partial charge < -0.3 is 9.75 Å². The topological polar surface area (TPSA) is 38.5 Å². The molecule has 0 amide bonds. The van der Waals surface area contributed by atoms with E-state index in [1.807, 2.05) is 36.4 Å². The highest BCUT2D eigenvalue weighted by Crippen LogP contribution is 2.26. The van der Waals surface area contributed by atoms with Crippen LogP contribution in [0.15, 0.2) is 48.5 Å². The van der Waals surface area contributed by atoms with Gasteiger partial charge in [-0.25, -0.2) is 5.84 Å². The van der Waals surface area contributed by atoms with E-state index in [1.54, 1.807) is 12.1 Å². The molecule has 2 rings (SSSR count). The van der Waals surface area contributed by atoms with Gasteiger partial charge in [-0.15, -0.1) is 0 Å². The Morgan fingerprint density at radius 1 is 1.06 bits per heavy atom. The molecule has 0 atom stereocenters. The molecule has 2 aromatic rings. The lowest BCUT2D eigenvalue weighted by Crippen LogP contribution is -2.25. The first-order valence-electron chi connectivity index (χ1n) is 5.93. The quantitative estimate of drug-likeness (QED) is 0.662. The lowest BCUT2D eigenvalue weighted by Gasteiger charge is -2.17. The van der Waals surface area contributed by atoms with Crippen molar-refractivity contribution in [1.82, 2.24) is 0 Å². The van der Waals surface area contributed by atoms with E-state index in [0.717, 1.165) is 11.4 Å². The lowest BCUT2D eigenvalue weighted by molar-refractivity contribution is 0.306. The third-order valence-corrected chi connectivity index (χ3v) is 2.89. The van der Waals surface area contributed by atoms with E-state index < -0.39 is 0 Å². The first kappa shape index (κ1) is 12.5. The fourth-order valence-electron chi connectivity index (χ4n) is 1.80. The fraction of sp³-hybridized carbons (Fsp3) is 0.200. The number of hydrazine groups is 1. The van der Waals surface area contributed by atoms with E-state index in [9.17, 15) is 0 Å². The molecule has 94 valence electrons. The van der Waals surface area contributed by atoms with Crippen LogP contribution in [-0.2, 0) is 6.61 Å². The number of ether oxygens (including phenoxy) is 1. The lowest BCUT2D eigenvalue weighted by atomic mass is 10.1. The van der Waals surface area contributed by atoms with E-state index in [0.29, 0.717) is 6.61 Å². The number of anilines is 1. The van der Waals surface area contributed by atoms with Crippen molar-refractivity contribution >= 4 is 5.69 Å². The average molecular weight is 242 g/mol. The Morgan fingerprint density at radius 2 is 1.72 bits per heavy atom. The summed E-state index contributed by atoms with van der Waals surface area (Å²) in [6, 6.07) is 16.0. The molecule has 3 nitrogen and oxygen atoms in total. The van der Waals surface area contributed by atoms with Crippen LogP contribution in [0.1, 0.15) is 11.1 Å². The second-order valence-electron chi connectivity index (χ2n) is 4.29. The summed E-state index contributed by atoms with van der Waals surface area (Å²) in [5.41, 5.74) is 3.30. The standard InChI is InChI=1S/C15H18N2O/c1-12-7-3-4-8-13(12)11-18-15-10-6-5-9-14(15)17(2)16/h3-10H,11,16H2,1-2H3. The number of hydrogen-bond donors (Lipinski definition) is 1. The van der Waals surface area contributed by atoms with Crippen LogP contribution in [0.5, 0.6) is 5.75 Å². The van der Waals surface area contributed by atoms with Crippen LogP contribution >= 0.6 is 0 Å². The molecule has 0 heterocycles. The second kappa shape index (κ2) is 5.56. The van der Waals surface area contributed by atoms with Crippen molar-refractivity contribution in [3.8, 4) is 5.75 Å². The van der Waals surface area contributed by atoms with Crippen LogP contribution in [0.3, 0.4) is 0 Å². The zero-order chi connectivity index (χ0) is 13.0. The van der Waals surface area contributed by atoms with Gasteiger partial charge in [0.05, 0.1) is 5.69 Å². The number of para-hydroxylation sites is 2. The van der Waals surface area contributed by atoms with Crippen LogP contribution in [0.2, 0.25) is 0 Å². The summed E-state index contributed by atoms with van der Waals surface area (Å²) < 4.78 is 5.84.